The number of nitrogens with zero attached hydrogens (tertiary/aromatic N) is 3. The number of thiazole rings is 1. The second-order valence-corrected chi connectivity index (χ2v) is 8.20. The second kappa shape index (κ2) is 9.84. The lowest BCUT2D eigenvalue weighted by Crippen LogP contribution is -2.28. The number of ketones is 1. The minimum absolute atomic E-state index is 0.00950. The van der Waals surface area contributed by atoms with E-state index in [0.717, 1.165) is 0 Å². The zero-order chi connectivity index (χ0) is 24.2. The van der Waals surface area contributed by atoms with Gasteiger partial charge in [-0.3, -0.25) is 19.0 Å². The Labute approximate surface area is 196 Å². The van der Waals surface area contributed by atoms with Crippen molar-refractivity contribution < 1.29 is 18.4 Å². The minimum atomic E-state index is -0.565. The molecule has 0 aliphatic rings. The van der Waals surface area contributed by atoms with Gasteiger partial charge < -0.3 is 5.32 Å². The minimum Gasteiger partial charge on any atom is -0.306 e. The summed E-state index contributed by atoms with van der Waals surface area (Å²) in [5.41, 5.74) is 0.817. The predicted molar refractivity (Wildman–Crippen MR) is 124 cm³/mol. The molecule has 4 aromatic rings. The second-order valence-electron chi connectivity index (χ2n) is 7.25. The van der Waals surface area contributed by atoms with Crippen LogP contribution in [0.15, 0.2) is 64.9 Å². The summed E-state index contributed by atoms with van der Waals surface area (Å²) in [6.45, 7) is 1.64. The fourth-order valence-electron chi connectivity index (χ4n) is 3.17. The number of hydrogen-bond acceptors (Lipinski definition) is 6. The van der Waals surface area contributed by atoms with E-state index in [9.17, 15) is 23.2 Å². The highest BCUT2D eigenvalue weighted by Gasteiger charge is 2.18. The van der Waals surface area contributed by atoms with Gasteiger partial charge in [0.05, 0.1) is 18.4 Å². The van der Waals surface area contributed by atoms with Crippen molar-refractivity contribution in [1.82, 2.24) is 14.5 Å². The average Bonchev–Trinajstić information content (AvgIpc) is 3.31. The molecule has 0 aliphatic carbocycles. The van der Waals surface area contributed by atoms with Crippen LogP contribution < -0.4 is 10.9 Å². The van der Waals surface area contributed by atoms with Gasteiger partial charge in [0.25, 0.3) is 5.56 Å². The topological polar surface area (TPSA) is 93.9 Å². The highest BCUT2D eigenvalue weighted by molar-refractivity contribution is 7.09. The summed E-state index contributed by atoms with van der Waals surface area (Å²) in [6, 6.07) is 10.7. The van der Waals surface area contributed by atoms with E-state index < -0.39 is 17.2 Å². The Bertz CT molecular complexity index is 1410. The van der Waals surface area contributed by atoms with E-state index in [0.29, 0.717) is 16.3 Å². The molecular weight excluding hydrogens is 462 g/mol. The largest absolute Gasteiger partial charge is 0.306 e. The van der Waals surface area contributed by atoms with E-state index in [-0.39, 0.29) is 41.7 Å². The third kappa shape index (κ3) is 4.96. The number of anilines is 1. The van der Waals surface area contributed by atoms with Crippen LogP contribution >= 0.6 is 11.3 Å². The predicted octanol–water partition coefficient (Wildman–Crippen LogP) is 4.27. The van der Waals surface area contributed by atoms with Gasteiger partial charge in [0, 0.05) is 22.9 Å². The summed E-state index contributed by atoms with van der Waals surface area (Å²) in [6.07, 6.45) is 1.58. The molecular formula is C24H18F2N4O3S. The normalized spacial score (nSPS) is 10.8. The van der Waals surface area contributed by atoms with Crippen LogP contribution in [0, 0.1) is 11.6 Å². The molecule has 0 bridgehead atoms. The van der Waals surface area contributed by atoms with Gasteiger partial charge in [0.15, 0.2) is 5.82 Å². The van der Waals surface area contributed by atoms with Crippen molar-refractivity contribution in [3.8, 4) is 11.3 Å². The summed E-state index contributed by atoms with van der Waals surface area (Å²) >= 11 is 1.18. The highest BCUT2D eigenvalue weighted by atomic mass is 32.1. The molecule has 10 heteroatoms. The van der Waals surface area contributed by atoms with Gasteiger partial charge in [0.1, 0.15) is 22.3 Å². The highest BCUT2D eigenvalue weighted by Crippen LogP contribution is 2.22. The molecule has 0 radical (unpaired) electrons. The Balaban J connectivity index is 1.71. The van der Waals surface area contributed by atoms with Crippen molar-refractivity contribution >= 4 is 28.8 Å². The fraction of sp³-hybridized carbons (Fsp3) is 0.125. The summed E-state index contributed by atoms with van der Waals surface area (Å²) in [5.74, 6) is -1.77. The van der Waals surface area contributed by atoms with Crippen LogP contribution in [0.25, 0.3) is 11.3 Å². The molecule has 4 rings (SSSR count). The van der Waals surface area contributed by atoms with Crippen molar-refractivity contribution in [2.24, 2.45) is 0 Å². The van der Waals surface area contributed by atoms with Crippen molar-refractivity contribution in [2.45, 2.75) is 19.9 Å². The molecule has 0 spiro atoms. The Morgan fingerprint density at radius 3 is 2.32 bits per heavy atom. The molecule has 0 saturated heterocycles. The van der Waals surface area contributed by atoms with Crippen LogP contribution in [0.2, 0.25) is 0 Å². The Hall–Kier alpha value is -4.05. The maximum absolute atomic E-state index is 13.4. The number of hydrogen-bond donors (Lipinski definition) is 1. The number of carbonyl (C=O) groups is 2. The van der Waals surface area contributed by atoms with E-state index in [1.54, 1.807) is 12.3 Å². The summed E-state index contributed by atoms with van der Waals surface area (Å²) < 4.78 is 27.9. The summed E-state index contributed by atoms with van der Waals surface area (Å²) in [7, 11) is 0. The molecule has 2 aromatic carbocycles. The van der Waals surface area contributed by atoms with Gasteiger partial charge in [0.2, 0.25) is 11.7 Å². The quantitative estimate of drug-likeness (QED) is 0.399. The Morgan fingerprint density at radius 1 is 1.03 bits per heavy atom. The third-order valence-electron chi connectivity index (χ3n) is 4.96. The zero-order valence-electron chi connectivity index (χ0n) is 17.9. The number of carbonyl (C=O) groups excluding carboxylic acids is 2. The van der Waals surface area contributed by atoms with Crippen LogP contribution in [-0.2, 0) is 11.3 Å². The molecule has 1 amide bonds. The Kier molecular flexibility index (Phi) is 6.69. The van der Waals surface area contributed by atoms with Crippen LogP contribution in [0.3, 0.4) is 0 Å². The van der Waals surface area contributed by atoms with Gasteiger partial charge in [-0.05, 0) is 48.5 Å². The Morgan fingerprint density at radius 2 is 1.68 bits per heavy atom. The van der Waals surface area contributed by atoms with E-state index in [1.165, 1.54) is 70.6 Å². The standard InChI is InChI=1S/C24H18F2N4O3S/c1-2-20(31)29-23-24(33)30(19(11-27-23)14-3-7-16(25)8-4-14)12-21-28-18(13-34-21)22(32)15-5-9-17(26)10-6-15/h3-11,13H,2,12H2,1H3,(H,27,29,31). The van der Waals surface area contributed by atoms with Crippen LogP contribution in [0.5, 0.6) is 0 Å². The lowest BCUT2D eigenvalue weighted by Gasteiger charge is -2.13. The van der Waals surface area contributed by atoms with Crippen LogP contribution in [0.4, 0.5) is 14.6 Å². The van der Waals surface area contributed by atoms with Gasteiger partial charge >= 0.3 is 0 Å². The number of halogens is 2. The fourth-order valence-corrected chi connectivity index (χ4v) is 3.94. The van der Waals surface area contributed by atoms with Crippen molar-refractivity contribution in [3.63, 3.8) is 0 Å². The summed E-state index contributed by atoms with van der Waals surface area (Å²) in [4.78, 5) is 46.1. The molecule has 172 valence electrons. The first-order valence-electron chi connectivity index (χ1n) is 10.3. The molecule has 0 unspecified atom stereocenters. The molecule has 2 aromatic heterocycles. The first-order chi connectivity index (χ1) is 16.4. The van der Waals surface area contributed by atoms with Gasteiger partial charge in [-0.25, -0.2) is 18.7 Å². The smallest absolute Gasteiger partial charge is 0.294 e. The molecule has 0 atom stereocenters. The maximum Gasteiger partial charge on any atom is 0.294 e. The first-order valence-corrected chi connectivity index (χ1v) is 11.1. The summed E-state index contributed by atoms with van der Waals surface area (Å²) in [5, 5.41) is 4.49. The van der Waals surface area contributed by atoms with Gasteiger partial charge in [-0.2, -0.15) is 0 Å². The third-order valence-corrected chi connectivity index (χ3v) is 5.79. The number of aromatic nitrogens is 3. The molecule has 0 fully saturated rings. The SMILES string of the molecule is CCC(=O)Nc1ncc(-c2ccc(F)cc2)n(Cc2nc(C(=O)c3ccc(F)cc3)cs2)c1=O. The lowest BCUT2D eigenvalue weighted by atomic mass is 10.1. The van der Waals surface area contributed by atoms with E-state index in [1.807, 2.05) is 0 Å². The number of nitrogens with one attached hydrogen (secondary N) is 1. The molecule has 34 heavy (non-hydrogen) atoms. The van der Waals surface area contributed by atoms with Crippen LogP contribution in [0.1, 0.15) is 34.4 Å². The van der Waals surface area contributed by atoms with Crippen LogP contribution in [-0.4, -0.2) is 26.2 Å². The molecule has 7 nitrogen and oxygen atoms in total. The zero-order valence-corrected chi connectivity index (χ0v) is 18.7. The molecule has 2 heterocycles. The number of amides is 1. The average molecular weight is 480 g/mol. The molecule has 0 aliphatic heterocycles. The first kappa shape index (κ1) is 23.1. The van der Waals surface area contributed by atoms with E-state index >= 15 is 0 Å². The van der Waals surface area contributed by atoms with Gasteiger partial charge in [-0.1, -0.05) is 6.92 Å². The molecule has 1 N–H and O–H groups in total. The van der Waals surface area contributed by atoms with E-state index in [4.69, 9.17) is 0 Å². The van der Waals surface area contributed by atoms with Crippen molar-refractivity contribution in [2.75, 3.05) is 5.32 Å². The monoisotopic (exact) mass is 480 g/mol. The van der Waals surface area contributed by atoms with Crippen molar-refractivity contribution in [3.05, 3.63) is 98.4 Å². The number of benzene rings is 2. The van der Waals surface area contributed by atoms with Crippen molar-refractivity contribution in [1.29, 1.82) is 0 Å². The van der Waals surface area contributed by atoms with E-state index in [2.05, 4.69) is 15.3 Å². The lowest BCUT2D eigenvalue weighted by molar-refractivity contribution is -0.115. The number of rotatable bonds is 7. The van der Waals surface area contributed by atoms with Gasteiger partial charge in [-0.15, -0.1) is 11.3 Å². The molecule has 0 saturated carbocycles. The maximum atomic E-state index is 13.4.